The summed E-state index contributed by atoms with van der Waals surface area (Å²) in [6.07, 6.45) is -11.4. The van der Waals surface area contributed by atoms with Crippen molar-refractivity contribution in [3.05, 3.63) is 58.5 Å². The van der Waals surface area contributed by atoms with Crippen LogP contribution in [-0.2, 0) is 12.4 Å². The fourth-order valence-corrected chi connectivity index (χ4v) is 2.11. The molecule has 4 nitrogen and oxygen atoms in total. The molecule has 0 aliphatic rings. The van der Waals surface area contributed by atoms with Gasteiger partial charge in [0, 0.05) is 5.56 Å². The molecule has 0 spiro atoms. The number of carbonyl (C=O) groups is 1. The second-order valence-electron chi connectivity index (χ2n) is 5.47. The molecular formula is C16H13F6NO3. The summed E-state index contributed by atoms with van der Waals surface area (Å²) in [5, 5.41) is 11.9. The number of nitrogens with one attached hydrogen (secondary N) is 1. The molecule has 0 saturated carbocycles. The third kappa shape index (κ3) is 4.78. The van der Waals surface area contributed by atoms with Crippen LogP contribution in [0, 0.1) is 6.92 Å². The molecule has 1 aromatic carbocycles. The van der Waals surface area contributed by atoms with Crippen LogP contribution in [0.4, 0.5) is 26.3 Å². The molecule has 2 N–H and O–H groups in total. The number of aliphatic hydroxyl groups is 1. The zero-order valence-corrected chi connectivity index (χ0v) is 13.2. The van der Waals surface area contributed by atoms with Gasteiger partial charge in [0.2, 0.25) is 0 Å². The van der Waals surface area contributed by atoms with Gasteiger partial charge in [0.15, 0.2) is 0 Å². The highest BCUT2D eigenvalue weighted by atomic mass is 19.4. The minimum absolute atomic E-state index is 0.0722. The normalized spacial score (nSPS) is 13.5. The van der Waals surface area contributed by atoms with E-state index in [4.69, 9.17) is 4.42 Å². The molecule has 0 fully saturated rings. The second kappa shape index (κ2) is 7.02. The van der Waals surface area contributed by atoms with Gasteiger partial charge in [-0.3, -0.25) is 4.79 Å². The summed E-state index contributed by atoms with van der Waals surface area (Å²) in [5.41, 5.74) is -4.02. The lowest BCUT2D eigenvalue weighted by Crippen LogP contribution is -2.29. The Kier molecular flexibility index (Phi) is 5.36. The number of aryl methyl sites for hydroxylation is 1. The van der Waals surface area contributed by atoms with Crippen molar-refractivity contribution < 1.29 is 40.7 Å². The number of halogens is 6. The van der Waals surface area contributed by atoms with Crippen LogP contribution in [0.25, 0.3) is 0 Å². The van der Waals surface area contributed by atoms with Crippen molar-refractivity contribution in [1.29, 1.82) is 0 Å². The smallest absolute Gasteiger partial charge is 0.416 e. The van der Waals surface area contributed by atoms with Crippen molar-refractivity contribution >= 4 is 5.91 Å². The molecule has 1 unspecified atom stereocenters. The maximum absolute atomic E-state index is 12.8. The van der Waals surface area contributed by atoms with Gasteiger partial charge in [-0.1, -0.05) is 0 Å². The van der Waals surface area contributed by atoms with E-state index in [2.05, 4.69) is 5.32 Å². The first-order valence-electron chi connectivity index (χ1n) is 7.20. The highest BCUT2D eigenvalue weighted by Crippen LogP contribution is 2.36. The van der Waals surface area contributed by atoms with Gasteiger partial charge in [0.05, 0.1) is 17.7 Å². The van der Waals surface area contributed by atoms with Crippen LogP contribution in [0.15, 0.2) is 34.7 Å². The van der Waals surface area contributed by atoms with E-state index in [0.717, 1.165) is 0 Å². The standard InChI is InChI=1S/C16H13F6NO3/c1-8-2-3-13(26-8)12(24)7-23-14(25)9-4-10(15(17,18)19)6-11(5-9)16(20,21)22/h2-6,12,24H,7H2,1H3,(H,23,25). The fraction of sp³-hybridized carbons (Fsp3) is 0.312. The first-order valence-corrected chi connectivity index (χ1v) is 7.20. The molecule has 0 radical (unpaired) electrons. The van der Waals surface area contributed by atoms with Gasteiger partial charge >= 0.3 is 12.4 Å². The number of aliphatic hydroxyl groups excluding tert-OH is 1. The highest BCUT2D eigenvalue weighted by molar-refractivity contribution is 5.94. The highest BCUT2D eigenvalue weighted by Gasteiger charge is 2.37. The summed E-state index contributed by atoms with van der Waals surface area (Å²) in [6.45, 7) is 1.15. The van der Waals surface area contributed by atoms with Crippen LogP contribution in [0.5, 0.6) is 0 Å². The van der Waals surface area contributed by atoms with E-state index in [1.807, 2.05) is 0 Å². The van der Waals surface area contributed by atoms with Crippen molar-refractivity contribution in [2.24, 2.45) is 0 Å². The first-order chi connectivity index (χ1) is 11.9. The summed E-state index contributed by atoms with van der Waals surface area (Å²) >= 11 is 0. The maximum Gasteiger partial charge on any atom is 0.416 e. The molecule has 10 heteroatoms. The second-order valence-corrected chi connectivity index (χ2v) is 5.47. The Bertz CT molecular complexity index is 762. The van der Waals surface area contributed by atoms with Crippen molar-refractivity contribution in [2.45, 2.75) is 25.4 Å². The third-order valence-electron chi connectivity index (χ3n) is 3.40. The number of furan rings is 1. The average Bonchev–Trinajstić information content (AvgIpc) is 2.96. The van der Waals surface area contributed by atoms with Crippen LogP contribution in [0.1, 0.15) is 39.1 Å². The predicted octanol–water partition coefficient (Wildman–Crippen LogP) is 4.09. The van der Waals surface area contributed by atoms with E-state index in [1.54, 1.807) is 13.0 Å². The number of amides is 1. The molecule has 142 valence electrons. The van der Waals surface area contributed by atoms with Gasteiger partial charge in [-0.25, -0.2) is 0 Å². The van der Waals surface area contributed by atoms with Gasteiger partial charge < -0.3 is 14.8 Å². The summed E-state index contributed by atoms with van der Waals surface area (Å²) in [7, 11) is 0. The van der Waals surface area contributed by atoms with Crippen molar-refractivity contribution in [3.63, 3.8) is 0 Å². The number of hydrogen-bond donors (Lipinski definition) is 2. The summed E-state index contributed by atoms with van der Waals surface area (Å²) in [6, 6.07) is 3.53. The Morgan fingerprint density at radius 3 is 2.04 bits per heavy atom. The van der Waals surface area contributed by atoms with Crippen LogP contribution in [0.3, 0.4) is 0 Å². The molecule has 1 amide bonds. The molecule has 0 aliphatic carbocycles. The topological polar surface area (TPSA) is 62.5 Å². The van der Waals surface area contributed by atoms with Crippen LogP contribution < -0.4 is 5.32 Å². The Morgan fingerprint density at radius 1 is 1.08 bits per heavy atom. The minimum Gasteiger partial charge on any atom is -0.464 e. The largest absolute Gasteiger partial charge is 0.464 e. The van der Waals surface area contributed by atoms with Crippen molar-refractivity contribution in [2.75, 3.05) is 6.54 Å². The molecule has 0 bridgehead atoms. The van der Waals surface area contributed by atoms with Gasteiger partial charge in [-0.05, 0) is 37.3 Å². The number of hydrogen-bond acceptors (Lipinski definition) is 3. The summed E-state index contributed by atoms with van der Waals surface area (Å²) in [4.78, 5) is 12.0. The van der Waals surface area contributed by atoms with E-state index in [-0.39, 0.29) is 11.8 Å². The van der Waals surface area contributed by atoms with E-state index >= 15 is 0 Å². The minimum atomic E-state index is -5.05. The Morgan fingerprint density at radius 2 is 1.62 bits per heavy atom. The summed E-state index contributed by atoms with van der Waals surface area (Å²) < 4.78 is 81.8. The molecule has 1 atom stereocenters. The third-order valence-corrected chi connectivity index (χ3v) is 3.40. The molecule has 0 saturated heterocycles. The zero-order chi connectivity index (χ0) is 19.7. The number of benzene rings is 1. The number of rotatable bonds is 4. The molecule has 0 aliphatic heterocycles. The summed E-state index contributed by atoms with van der Waals surface area (Å²) in [5.74, 6) is -0.607. The quantitative estimate of drug-likeness (QED) is 0.785. The molecule has 2 rings (SSSR count). The molecule has 2 aromatic rings. The van der Waals surface area contributed by atoms with Crippen LogP contribution >= 0.6 is 0 Å². The van der Waals surface area contributed by atoms with E-state index in [9.17, 15) is 36.2 Å². The Balaban J connectivity index is 2.22. The van der Waals surface area contributed by atoms with Gasteiger partial charge in [0.25, 0.3) is 5.91 Å². The monoisotopic (exact) mass is 381 g/mol. The molecule has 26 heavy (non-hydrogen) atoms. The first kappa shape index (κ1) is 19.8. The maximum atomic E-state index is 12.8. The average molecular weight is 381 g/mol. The van der Waals surface area contributed by atoms with Crippen molar-refractivity contribution in [1.82, 2.24) is 5.32 Å². The number of carbonyl (C=O) groups excluding carboxylic acids is 1. The fourth-order valence-electron chi connectivity index (χ4n) is 2.11. The van der Waals surface area contributed by atoms with E-state index < -0.39 is 47.6 Å². The lowest BCUT2D eigenvalue weighted by atomic mass is 10.0. The Hall–Kier alpha value is -2.49. The molecule has 1 heterocycles. The van der Waals surface area contributed by atoms with Crippen molar-refractivity contribution in [3.8, 4) is 0 Å². The van der Waals surface area contributed by atoms with Gasteiger partial charge in [-0.15, -0.1) is 0 Å². The Labute approximate surface area is 143 Å². The molecule has 1 aromatic heterocycles. The van der Waals surface area contributed by atoms with E-state index in [1.165, 1.54) is 6.07 Å². The SMILES string of the molecule is Cc1ccc(C(O)CNC(=O)c2cc(C(F)(F)F)cc(C(F)(F)F)c2)o1. The van der Waals surface area contributed by atoms with Gasteiger partial charge in [0.1, 0.15) is 17.6 Å². The van der Waals surface area contributed by atoms with E-state index in [0.29, 0.717) is 17.9 Å². The van der Waals surface area contributed by atoms with Crippen LogP contribution in [-0.4, -0.2) is 17.6 Å². The molecular weight excluding hydrogens is 368 g/mol. The lowest BCUT2D eigenvalue weighted by Gasteiger charge is -2.15. The van der Waals surface area contributed by atoms with Crippen LogP contribution in [0.2, 0.25) is 0 Å². The predicted molar refractivity (Wildman–Crippen MR) is 77.2 cm³/mol. The zero-order valence-electron chi connectivity index (χ0n) is 13.2. The lowest BCUT2D eigenvalue weighted by molar-refractivity contribution is -0.143. The van der Waals surface area contributed by atoms with Gasteiger partial charge in [-0.2, -0.15) is 26.3 Å². The number of alkyl halides is 6.